The number of hydrogen-bond donors (Lipinski definition) is 1. The first-order chi connectivity index (χ1) is 9.15. The van der Waals surface area contributed by atoms with Gasteiger partial charge >= 0.3 is 0 Å². The monoisotopic (exact) mass is 262 g/mol. The Morgan fingerprint density at radius 3 is 2.74 bits per heavy atom. The van der Waals surface area contributed by atoms with Gasteiger partial charge in [0.25, 0.3) is 0 Å². The molecule has 0 spiro atoms. The Bertz CT molecular complexity index is 515. The molecule has 100 valence electrons. The van der Waals surface area contributed by atoms with Crippen LogP contribution in [0.3, 0.4) is 0 Å². The van der Waals surface area contributed by atoms with Crippen molar-refractivity contribution >= 4 is 11.8 Å². The molecule has 0 bridgehead atoms. The van der Waals surface area contributed by atoms with Crippen molar-refractivity contribution < 1.29 is 14.0 Å². The van der Waals surface area contributed by atoms with Crippen LogP contribution in [-0.4, -0.2) is 35.3 Å². The summed E-state index contributed by atoms with van der Waals surface area (Å²) in [5.41, 5.74) is 0.845. The smallest absolute Gasteiger partial charge is 0.246 e. The fourth-order valence-corrected chi connectivity index (χ4v) is 2.83. The van der Waals surface area contributed by atoms with Gasteiger partial charge in [0.2, 0.25) is 11.8 Å². The van der Waals surface area contributed by atoms with E-state index in [1.807, 2.05) is 0 Å². The Balaban J connectivity index is 1.76. The molecule has 0 saturated carbocycles. The maximum absolute atomic E-state index is 12.8. The van der Waals surface area contributed by atoms with Crippen LogP contribution in [0, 0.1) is 5.82 Å². The largest absolute Gasteiger partial charge is 0.342 e. The van der Waals surface area contributed by atoms with Crippen LogP contribution in [0.5, 0.6) is 0 Å². The van der Waals surface area contributed by atoms with Gasteiger partial charge in [-0.3, -0.25) is 9.59 Å². The maximum atomic E-state index is 12.8. The van der Waals surface area contributed by atoms with Crippen LogP contribution < -0.4 is 5.32 Å². The topological polar surface area (TPSA) is 49.4 Å². The highest BCUT2D eigenvalue weighted by atomic mass is 19.1. The summed E-state index contributed by atoms with van der Waals surface area (Å²) in [5, 5.41) is 2.78. The number of nitrogens with zero attached hydrogens (tertiary/aromatic N) is 1. The number of fused-ring (bicyclic) bond motifs is 1. The van der Waals surface area contributed by atoms with Gasteiger partial charge in [0.05, 0.1) is 0 Å². The minimum atomic E-state index is -0.521. The normalized spacial score (nSPS) is 26.3. The van der Waals surface area contributed by atoms with Crippen LogP contribution in [0.1, 0.15) is 18.4 Å². The molecule has 5 heteroatoms. The molecule has 2 amide bonds. The molecule has 2 heterocycles. The van der Waals surface area contributed by atoms with Crippen molar-refractivity contribution in [3.05, 3.63) is 35.6 Å². The first kappa shape index (κ1) is 12.1. The first-order valence-electron chi connectivity index (χ1n) is 6.50. The van der Waals surface area contributed by atoms with E-state index in [4.69, 9.17) is 0 Å². The van der Waals surface area contributed by atoms with Crippen LogP contribution in [-0.2, 0) is 16.0 Å². The number of amides is 2. The number of benzene rings is 1. The van der Waals surface area contributed by atoms with Gasteiger partial charge in [0, 0.05) is 13.0 Å². The van der Waals surface area contributed by atoms with E-state index in [-0.39, 0.29) is 23.7 Å². The Labute approximate surface area is 110 Å². The van der Waals surface area contributed by atoms with Crippen LogP contribution >= 0.6 is 0 Å². The molecule has 1 N–H and O–H groups in total. The molecule has 4 nitrogen and oxygen atoms in total. The molecular formula is C14H15FN2O2. The number of carbonyl (C=O) groups is 2. The van der Waals surface area contributed by atoms with Crippen molar-refractivity contribution in [3.8, 4) is 0 Å². The molecule has 1 aromatic rings. The lowest BCUT2D eigenvalue weighted by Gasteiger charge is -2.34. The molecule has 2 atom stereocenters. The Hall–Kier alpha value is -1.91. The van der Waals surface area contributed by atoms with Crippen molar-refractivity contribution in [1.29, 1.82) is 0 Å². The van der Waals surface area contributed by atoms with E-state index in [0.29, 0.717) is 13.0 Å². The zero-order valence-electron chi connectivity index (χ0n) is 10.4. The summed E-state index contributed by atoms with van der Waals surface area (Å²) in [4.78, 5) is 25.8. The number of hydrogen-bond acceptors (Lipinski definition) is 2. The van der Waals surface area contributed by atoms with Crippen LogP contribution in [0.4, 0.5) is 4.39 Å². The van der Waals surface area contributed by atoms with Crippen molar-refractivity contribution in [2.45, 2.75) is 31.3 Å². The molecule has 1 aromatic carbocycles. The summed E-state index contributed by atoms with van der Waals surface area (Å²) in [7, 11) is 0. The number of halogens is 1. The Kier molecular flexibility index (Phi) is 2.97. The van der Waals surface area contributed by atoms with Gasteiger partial charge in [-0.05, 0) is 30.5 Å². The molecule has 0 aromatic heterocycles. The molecule has 2 saturated heterocycles. The van der Waals surface area contributed by atoms with Crippen molar-refractivity contribution in [2.75, 3.05) is 6.54 Å². The van der Waals surface area contributed by atoms with Gasteiger partial charge in [-0.1, -0.05) is 12.1 Å². The van der Waals surface area contributed by atoms with Gasteiger partial charge in [-0.2, -0.15) is 0 Å². The van der Waals surface area contributed by atoms with E-state index in [1.165, 1.54) is 12.1 Å². The van der Waals surface area contributed by atoms with E-state index in [1.54, 1.807) is 17.0 Å². The molecular weight excluding hydrogens is 247 g/mol. The zero-order chi connectivity index (χ0) is 13.4. The van der Waals surface area contributed by atoms with Gasteiger partial charge < -0.3 is 10.2 Å². The first-order valence-corrected chi connectivity index (χ1v) is 6.50. The fourth-order valence-electron chi connectivity index (χ4n) is 2.83. The average molecular weight is 262 g/mol. The van der Waals surface area contributed by atoms with Crippen molar-refractivity contribution in [3.63, 3.8) is 0 Å². The molecule has 0 radical (unpaired) electrons. The van der Waals surface area contributed by atoms with Gasteiger partial charge in [0.1, 0.15) is 17.9 Å². The molecule has 0 aliphatic carbocycles. The number of piperazine rings is 1. The summed E-state index contributed by atoms with van der Waals surface area (Å²) in [5.74, 6) is -0.391. The van der Waals surface area contributed by atoms with Crippen LogP contribution in [0.25, 0.3) is 0 Å². The SMILES string of the molecule is O=C1NC(Cc2ccc(F)cc2)C(=O)N2CCCC12. The Morgan fingerprint density at radius 2 is 2.00 bits per heavy atom. The van der Waals surface area contributed by atoms with Crippen LogP contribution in [0.2, 0.25) is 0 Å². The lowest BCUT2D eigenvalue weighted by atomic mass is 10.0. The van der Waals surface area contributed by atoms with Crippen molar-refractivity contribution in [1.82, 2.24) is 10.2 Å². The van der Waals surface area contributed by atoms with E-state index in [0.717, 1.165) is 18.4 Å². The minimum absolute atomic E-state index is 0.0218. The van der Waals surface area contributed by atoms with Gasteiger partial charge in [0.15, 0.2) is 0 Å². The second-order valence-corrected chi connectivity index (χ2v) is 5.08. The Morgan fingerprint density at radius 1 is 1.26 bits per heavy atom. The summed E-state index contributed by atoms with van der Waals surface area (Å²) >= 11 is 0. The number of rotatable bonds is 2. The summed E-state index contributed by atoms with van der Waals surface area (Å²) in [6.07, 6.45) is 2.04. The third-order valence-corrected chi connectivity index (χ3v) is 3.81. The third kappa shape index (κ3) is 2.20. The average Bonchev–Trinajstić information content (AvgIpc) is 2.88. The lowest BCUT2D eigenvalue weighted by molar-refractivity contribution is -0.146. The zero-order valence-corrected chi connectivity index (χ0v) is 10.4. The van der Waals surface area contributed by atoms with Crippen LogP contribution in [0.15, 0.2) is 24.3 Å². The quantitative estimate of drug-likeness (QED) is 0.859. The third-order valence-electron chi connectivity index (χ3n) is 3.81. The predicted octanol–water partition coefficient (Wildman–Crippen LogP) is 0.858. The second-order valence-electron chi connectivity index (χ2n) is 5.08. The van der Waals surface area contributed by atoms with Gasteiger partial charge in [-0.25, -0.2) is 4.39 Å². The summed E-state index contributed by atoms with van der Waals surface area (Å²) < 4.78 is 12.8. The van der Waals surface area contributed by atoms with Gasteiger partial charge in [-0.15, -0.1) is 0 Å². The molecule has 2 fully saturated rings. The fraction of sp³-hybridized carbons (Fsp3) is 0.429. The summed E-state index contributed by atoms with van der Waals surface area (Å²) in [6, 6.07) is 5.21. The highest BCUT2D eigenvalue weighted by Gasteiger charge is 2.42. The molecule has 2 unspecified atom stereocenters. The number of nitrogens with one attached hydrogen (secondary N) is 1. The number of carbonyl (C=O) groups excluding carboxylic acids is 2. The molecule has 3 rings (SSSR count). The van der Waals surface area contributed by atoms with E-state index >= 15 is 0 Å². The minimum Gasteiger partial charge on any atom is -0.342 e. The van der Waals surface area contributed by atoms with Crippen molar-refractivity contribution in [2.24, 2.45) is 0 Å². The summed E-state index contributed by atoms with van der Waals surface area (Å²) in [6.45, 7) is 0.664. The van der Waals surface area contributed by atoms with E-state index in [9.17, 15) is 14.0 Å². The maximum Gasteiger partial charge on any atom is 0.246 e. The second kappa shape index (κ2) is 4.64. The predicted molar refractivity (Wildman–Crippen MR) is 66.8 cm³/mol. The van der Waals surface area contributed by atoms with E-state index < -0.39 is 6.04 Å². The van der Waals surface area contributed by atoms with E-state index in [2.05, 4.69) is 5.32 Å². The standard InChI is InChI=1S/C14H15FN2O2/c15-10-5-3-9(4-6-10)8-11-14(19)17-7-1-2-12(17)13(18)16-11/h3-6,11-12H,1-2,7-8H2,(H,16,18). The highest BCUT2D eigenvalue weighted by molar-refractivity contribution is 5.97. The lowest BCUT2D eigenvalue weighted by Crippen LogP contribution is -2.61. The molecule has 2 aliphatic heterocycles. The molecule has 19 heavy (non-hydrogen) atoms. The molecule has 2 aliphatic rings. The highest BCUT2D eigenvalue weighted by Crippen LogP contribution is 2.23.